The maximum absolute atomic E-state index is 6.27. The van der Waals surface area contributed by atoms with E-state index in [9.17, 15) is 0 Å². The number of rotatable bonds is 1. The van der Waals surface area contributed by atoms with Crippen molar-refractivity contribution in [2.45, 2.75) is 44.8 Å². The molecule has 2 atom stereocenters. The first-order valence-electron chi connectivity index (χ1n) is 7.02. The van der Waals surface area contributed by atoms with Gasteiger partial charge < -0.3 is 10.5 Å². The second-order valence-corrected chi connectivity index (χ2v) is 7.75. The summed E-state index contributed by atoms with van der Waals surface area (Å²) in [5.41, 5.74) is 8.28. The van der Waals surface area contributed by atoms with Crippen LogP contribution in [0.25, 0.3) is 0 Å². The SMILES string of the molecule is CC(C)(C)c1nc(C2CC(N)c3cc(Cl)ccc3O2)cs1. The van der Waals surface area contributed by atoms with Gasteiger partial charge in [0.1, 0.15) is 11.9 Å². The van der Waals surface area contributed by atoms with E-state index in [-0.39, 0.29) is 17.6 Å². The van der Waals surface area contributed by atoms with E-state index in [0.29, 0.717) is 5.02 Å². The third kappa shape index (κ3) is 2.93. The van der Waals surface area contributed by atoms with Crippen LogP contribution in [-0.4, -0.2) is 4.98 Å². The van der Waals surface area contributed by atoms with Crippen LogP contribution >= 0.6 is 22.9 Å². The van der Waals surface area contributed by atoms with E-state index in [1.165, 1.54) is 0 Å². The molecule has 0 spiro atoms. The van der Waals surface area contributed by atoms with Crippen molar-refractivity contribution < 1.29 is 4.74 Å². The molecule has 0 fully saturated rings. The Labute approximate surface area is 134 Å². The van der Waals surface area contributed by atoms with Crippen LogP contribution in [0.4, 0.5) is 0 Å². The first-order valence-corrected chi connectivity index (χ1v) is 8.28. The zero-order valence-corrected chi connectivity index (χ0v) is 14.0. The maximum Gasteiger partial charge on any atom is 0.143 e. The summed E-state index contributed by atoms with van der Waals surface area (Å²) in [6.07, 6.45) is 0.640. The van der Waals surface area contributed by atoms with E-state index in [4.69, 9.17) is 27.1 Å². The van der Waals surface area contributed by atoms with Crippen LogP contribution in [0.3, 0.4) is 0 Å². The molecule has 5 heteroatoms. The maximum atomic E-state index is 6.27. The highest BCUT2D eigenvalue weighted by Gasteiger charge is 2.30. The lowest BCUT2D eigenvalue weighted by atomic mass is 9.95. The molecule has 0 amide bonds. The van der Waals surface area contributed by atoms with Crippen LogP contribution in [-0.2, 0) is 5.41 Å². The number of aromatic nitrogens is 1. The van der Waals surface area contributed by atoms with Crippen molar-refractivity contribution in [3.05, 3.63) is 44.9 Å². The van der Waals surface area contributed by atoms with Crippen molar-refractivity contribution in [2.24, 2.45) is 5.73 Å². The molecule has 0 aliphatic carbocycles. The zero-order valence-electron chi connectivity index (χ0n) is 12.4. The molecule has 1 aromatic carbocycles. The van der Waals surface area contributed by atoms with E-state index in [1.54, 1.807) is 11.3 Å². The molecule has 3 nitrogen and oxygen atoms in total. The molecule has 2 heterocycles. The third-order valence-corrected chi connectivity index (χ3v) is 5.12. The summed E-state index contributed by atoms with van der Waals surface area (Å²) in [5.74, 6) is 0.813. The second kappa shape index (κ2) is 5.27. The molecule has 0 saturated carbocycles. The summed E-state index contributed by atoms with van der Waals surface area (Å²) in [7, 11) is 0. The fraction of sp³-hybridized carbons (Fsp3) is 0.438. The number of ether oxygens (including phenoxy) is 1. The van der Waals surface area contributed by atoms with Crippen LogP contribution in [0.15, 0.2) is 23.6 Å². The largest absolute Gasteiger partial charge is 0.484 e. The Kier molecular flexibility index (Phi) is 3.72. The van der Waals surface area contributed by atoms with Crippen molar-refractivity contribution in [3.8, 4) is 5.75 Å². The van der Waals surface area contributed by atoms with Gasteiger partial charge in [-0.2, -0.15) is 0 Å². The molecular formula is C16H19ClN2OS. The smallest absolute Gasteiger partial charge is 0.143 e. The molecule has 112 valence electrons. The molecule has 1 aliphatic heterocycles. The number of hydrogen-bond donors (Lipinski definition) is 1. The summed E-state index contributed by atoms with van der Waals surface area (Å²) in [4.78, 5) is 4.74. The van der Waals surface area contributed by atoms with Gasteiger partial charge in [0.05, 0.1) is 10.7 Å². The van der Waals surface area contributed by atoms with Gasteiger partial charge in [-0.05, 0) is 18.2 Å². The van der Waals surface area contributed by atoms with Gasteiger partial charge in [0.25, 0.3) is 0 Å². The lowest BCUT2D eigenvalue weighted by Crippen LogP contribution is -2.24. The summed E-state index contributed by atoms with van der Waals surface area (Å²) < 4.78 is 6.07. The molecular weight excluding hydrogens is 304 g/mol. The van der Waals surface area contributed by atoms with Gasteiger partial charge in [-0.1, -0.05) is 32.4 Å². The lowest BCUT2D eigenvalue weighted by Gasteiger charge is -2.29. The van der Waals surface area contributed by atoms with Crippen molar-refractivity contribution in [1.29, 1.82) is 0 Å². The quantitative estimate of drug-likeness (QED) is 0.833. The predicted octanol–water partition coefficient (Wildman–Crippen LogP) is 4.62. The first-order chi connectivity index (χ1) is 9.84. The highest BCUT2D eigenvalue weighted by molar-refractivity contribution is 7.09. The number of hydrogen-bond acceptors (Lipinski definition) is 4. The number of nitrogens with zero attached hydrogens (tertiary/aromatic N) is 1. The van der Waals surface area contributed by atoms with Gasteiger partial charge >= 0.3 is 0 Å². The van der Waals surface area contributed by atoms with Gasteiger partial charge in [-0.25, -0.2) is 4.98 Å². The number of thiazole rings is 1. The van der Waals surface area contributed by atoms with Crippen molar-refractivity contribution in [2.75, 3.05) is 0 Å². The Morgan fingerprint density at radius 2 is 2.14 bits per heavy atom. The van der Waals surface area contributed by atoms with Crippen molar-refractivity contribution in [3.63, 3.8) is 0 Å². The lowest BCUT2D eigenvalue weighted by molar-refractivity contribution is 0.157. The average Bonchev–Trinajstić information content (AvgIpc) is 2.89. The van der Waals surface area contributed by atoms with Gasteiger partial charge in [-0.15, -0.1) is 11.3 Å². The minimum atomic E-state index is -0.0824. The van der Waals surface area contributed by atoms with Gasteiger partial charge in [0.2, 0.25) is 0 Å². The Balaban J connectivity index is 1.89. The van der Waals surface area contributed by atoms with E-state index < -0.39 is 0 Å². The number of fused-ring (bicyclic) bond motifs is 1. The minimum Gasteiger partial charge on any atom is -0.484 e. The van der Waals surface area contributed by atoms with E-state index in [1.807, 2.05) is 18.2 Å². The third-order valence-electron chi connectivity index (χ3n) is 3.60. The van der Waals surface area contributed by atoms with Crippen molar-refractivity contribution in [1.82, 2.24) is 4.98 Å². The molecule has 0 radical (unpaired) electrons. The second-order valence-electron chi connectivity index (χ2n) is 6.46. The molecule has 0 saturated heterocycles. The Morgan fingerprint density at radius 1 is 1.38 bits per heavy atom. The number of benzene rings is 1. The van der Waals surface area contributed by atoms with Gasteiger partial charge in [-0.3, -0.25) is 0 Å². The first kappa shape index (κ1) is 14.8. The van der Waals surface area contributed by atoms with E-state index >= 15 is 0 Å². The highest BCUT2D eigenvalue weighted by Crippen LogP contribution is 2.41. The molecule has 2 aromatic rings. The van der Waals surface area contributed by atoms with Crippen molar-refractivity contribution >= 4 is 22.9 Å². The highest BCUT2D eigenvalue weighted by atomic mass is 35.5. The fourth-order valence-corrected chi connectivity index (χ4v) is 3.56. The topological polar surface area (TPSA) is 48.1 Å². The molecule has 21 heavy (non-hydrogen) atoms. The summed E-state index contributed by atoms with van der Waals surface area (Å²) in [6, 6.07) is 5.54. The van der Waals surface area contributed by atoms with E-state index in [0.717, 1.165) is 28.4 Å². The molecule has 1 aromatic heterocycles. The monoisotopic (exact) mass is 322 g/mol. The Bertz CT molecular complexity index is 663. The van der Waals surface area contributed by atoms with Gasteiger partial charge in [0, 0.05) is 33.8 Å². The fourth-order valence-electron chi connectivity index (χ4n) is 2.44. The molecule has 3 rings (SSSR count). The molecule has 2 unspecified atom stereocenters. The van der Waals surface area contributed by atoms with Crippen LogP contribution in [0.5, 0.6) is 5.75 Å². The van der Waals surface area contributed by atoms with Gasteiger partial charge in [0.15, 0.2) is 0 Å². The zero-order chi connectivity index (χ0) is 15.2. The number of halogens is 1. The molecule has 1 aliphatic rings. The minimum absolute atomic E-state index is 0.0606. The van der Waals surface area contributed by atoms with Crippen LogP contribution < -0.4 is 10.5 Å². The number of nitrogens with two attached hydrogens (primary N) is 1. The summed E-state index contributed by atoms with van der Waals surface area (Å²) >= 11 is 7.71. The van der Waals surface area contributed by atoms with E-state index in [2.05, 4.69) is 26.2 Å². The normalized spacial score (nSPS) is 21.8. The average molecular weight is 323 g/mol. The summed E-state index contributed by atoms with van der Waals surface area (Å²) in [5, 5.41) is 3.89. The molecule has 0 bridgehead atoms. The standard InChI is InChI=1S/C16H19ClN2OS/c1-16(2,3)15-19-12(8-21-15)14-7-11(18)10-6-9(17)4-5-13(10)20-14/h4-6,8,11,14H,7,18H2,1-3H3. The Morgan fingerprint density at radius 3 is 2.81 bits per heavy atom. The Hall–Kier alpha value is -1.10. The summed E-state index contributed by atoms with van der Waals surface area (Å²) in [6.45, 7) is 6.50. The van der Waals surface area contributed by atoms with Crippen LogP contribution in [0.2, 0.25) is 5.02 Å². The molecule has 2 N–H and O–H groups in total. The van der Waals surface area contributed by atoms with Crippen LogP contribution in [0, 0.1) is 0 Å². The van der Waals surface area contributed by atoms with Crippen LogP contribution in [0.1, 0.15) is 55.6 Å². The predicted molar refractivity (Wildman–Crippen MR) is 87.2 cm³/mol.